The van der Waals surface area contributed by atoms with Crippen LogP contribution in [0, 0.1) is 5.82 Å². The summed E-state index contributed by atoms with van der Waals surface area (Å²) in [5, 5.41) is 7.88. The second-order valence-corrected chi connectivity index (χ2v) is 9.69. The number of hydrogen-bond donors (Lipinski definition) is 2. The quantitative estimate of drug-likeness (QED) is 0.184. The van der Waals surface area contributed by atoms with E-state index in [0.29, 0.717) is 27.4 Å². The molecule has 1 aromatic heterocycles. The second kappa shape index (κ2) is 12.3. The lowest BCUT2D eigenvalue weighted by atomic mass is 10.0. The van der Waals surface area contributed by atoms with E-state index in [1.807, 2.05) is 41.8 Å². The maximum atomic E-state index is 13.1. The van der Waals surface area contributed by atoms with Crippen molar-refractivity contribution in [2.75, 3.05) is 23.0 Å². The van der Waals surface area contributed by atoms with Gasteiger partial charge in [-0.25, -0.2) is 9.18 Å². The van der Waals surface area contributed by atoms with Gasteiger partial charge in [0.25, 0.3) is 5.91 Å². The van der Waals surface area contributed by atoms with Crippen LogP contribution in [0.1, 0.15) is 27.6 Å². The van der Waals surface area contributed by atoms with Gasteiger partial charge in [0.2, 0.25) is 5.91 Å². The summed E-state index contributed by atoms with van der Waals surface area (Å²) in [5.74, 6) is -1.46. The number of ether oxygens (including phenoxy) is 1. The zero-order valence-electron chi connectivity index (χ0n) is 19.8. The second-order valence-electron chi connectivity index (χ2n) is 7.77. The van der Waals surface area contributed by atoms with E-state index in [9.17, 15) is 18.8 Å². The van der Waals surface area contributed by atoms with Crippen LogP contribution in [0.3, 0.4) is 0 Å². The average molecular weight is 535 g/mol. The molecule has 0 bridgehead atoms. The lowest BCUT2D eigenvalue weighted by molar-refractivity contribution is -0.113. The van der Waals surface area contributed by atoms with Crippen molar-refractivity contribution in [1.29, 1.82) is 0 Å². The minimum Gasteiger partial charge on any atom is -0.462 e. The third-order valence-electron chi connectivity index (χ3n) is 5.18. The predicted octanol–water partition coefficient (Wildman–Crippen LogP) is 6.71. The van der Waals surface area contributed by atoms with E-state index in [1.54, 1.807) is 25.1 Å². The van der Waals surface area contributed by atoms with E-state index in [-0.39, 0.29) is 24.2 Å². The molecule has 2 N–H and O–H groups in total. The molecule has 37 heavy (non-hydrogen) atoms. The smallest absolute Gasteiger partial charge is 0.341 e. The number of halogens is 1. The molecule has 0 spiro atoms. The molecule has 188 valence electrons. The van der Waals surface area contributed by atoms with Crippen LogP contribution in [0.15, 0.2) is 89.1 Å². The number of hydrogen-bond acceptors (Lipinski definition) is 6. The number of amides is 2. The van der Waals surface area contributed by atoms with Gasteiger partial charge in [0.15, 0.2) is 0 Å². The number of anilines is 2. The van der Waals surface area contributed by atoms with Gasteiger partial charge < -0.3 is 15.4 Å². The van der Waals surface area contributed by atoms with Crippen LogP contribution in [0.25, 0.3) is 11.1 Å². The SMILES string of the molecule is CCOC(=O)c1c(-c2ccccc2)csc1NC(=O)CSc1cccc(NC(=O)c2ccc(F)cc2)c1. The Labute approximate surface area is 221 Å². The summed E-state index contributed by atoms with van der Waals surface area (Å²) in [7, 11) is 0. The Kier molecular flexibility index (Phi) is 8.71. The zero-order chi connectivity index (χ0) is 26.2. The van der Waals surface area contributed by atoms with Crippen LogP contribution in [0.2, 0.25) is 0 Å². The number of carbonyl (C=O) groups excluding carboxylic acids is 3. The molecule has 0 fully saturated rings. The number of thiophene rings is 1. The van der Waals surface area contributed by atoms with Gasteiger partial charge in [-0.15, -0.1) is 23.1 Å². The highest BCUT2D eigenvalue weighted by Crippen LogP contribution is 2.36. The van der Waals surface area contributed by atoms with Crippen LogP contribution in [0.5, 0.6) is 0 Å². The molecule has 4 rings (SSSR count). The van der Waals surface area contributed by atoms with Crippen LogP contribution in [0.4, 0.5) is 15.1 Å². The number of rotatable bonds is 9. The van der Waals surface area contributed by atoms with Gasteiger partial charge >= 0.3 is 5.97 Å². The Morgan fingerprint density at radius 3 is 2.43 bits per heavy atom. The molecule has 9 heteroatoms. The largest absolute Gasteiger partial charge is 0.462 e. The maximum absolute atomic E-state index is 13.1. The Morgan fingerprint density at radius 1 is 0.946 bits per heavy atom. The summed E-state index contributed by atoms with van der Waals surface area (Å²) in [6, 6.07) is 21.8. The fourth-order valence-corrected chi connectivity index (χ4v) is 5.19. The highest BCUT2D eigenvalue weighted by molar-refractivity contribution is 8.00. The monoisotopic (exact) mass is 534 g/mol. The molecule has 0 saturated heterocycles. The molecular formula is C28H23FN2O4S2. The maximum Gasteiger partial charge on any atom is 0.341 e. The first-order chi connectivity index (χ1) is 17.9. The molecular weight excluding hydrogens is 511 g/mol. The Bertz CT molecular complexity index is 1410. The lowest BCUT2D eigenvalue weighted by Gasteiger charge is -2.10. The van der Waals surface area contributed by atoms with Crippen LogP contribution in [-0.2, 0) is 9.53 Å². The summed E-state index contributed by atoms with van der Waals surface area (Å²) in [4.78, 5) is 38.6. The summed E-state index contributed by atoms with van der Waals surface area (Å²) >= 11 is 2.56. The molecule has 6 nitrogen and oxygen atoms in total. The van der Waals surface area contributed by atoms with E-state index in [0.717, 1.165) is 10.5 Å². The van der Waals surface area contributed by atoms with Crippen molar-refractivity contribution in [3.63, 3.8) is 0 Å². The van der Waals surface area contributed by atoms with Crippen molar-refractivity contribution in [2.45, 2.75) is 11.8 Å². The topological polar surface area (TPSA) is 84.5 Å². The van der Waals surface area contributed by atoms with Gasteiger partial charge in [0.1, 0.15) is 16.4 Å². The average Bonchev–Trinajstić information content (AvgIpc) is 3.32. The van der Waals surface area contributed by atoms with Crippen LogP contribution < -0.4 is 10.6 Å². The molecule has 4 aromatic rings. The van der Waals surface area contributed by atoms with Gasteiger partial charge in [-0.05, 0) is 55.0 Å². The Hall–Kier alpha value is -3.95. The third kappa shape index (κ3) is 6.84. The number of thioether (sulfide) groups is 1. The van der Waals surface area contributed by atoms with E-state index in [1.165, 1.54) is 47.4 Å². The highest BCUT2D eigenvalue weighted by atomic mass is 32.2. The molecule has 1 heterocycles. The number of benzene rings is 3. The molecule has 0 unspecified atom stereocenters. The van der Waals surface area contributed by atoms with E-state index < -0.39 is 11.8 Å². The number of carbonyl (C=O) groups is 3. The van der Waals surface area contributed by atoms with Crippen LogP contribution in [-0.4, -0.2) is 30.1 Å². The molecule has 0 atom stereocenters. The molecule has 0 radical (unpaired) electrons. The molecule has 3 aromatic carbocycles. The molecule has 0 saturated carbocycles. The normalized spacial score (nSPS) is 10.5. The minimum absolute atomic E-state index is 0.0935. The summed E-state index contributed by atoms with van der Waals surface area (Å²) in [6.45, 7) is 1.96. The molecule has 0 aliphatic rings. The first-order valence-electron chi connectivity index (χ1n) is 11.4. The lowest BCUT2D eigenvalue weighted by Crippen LogP contribution is -2.16. The molecule has 2 amide bonds. The first-order valence-corrected chi connectivity index (χ1v) is 13.2. The van der Waals surface area contributed by atoms with Gasteiger partial charge in [0.05, 0.1) is 12.4 Å². The number of nitrogens with one attached hydrogen (secondary N) is 2. The van der Waals surface area contributed by atoms with Gasteiger partial charge in [-0.1, -0.05) is 36.4 Å². The van der Waals surface area contributed by atoms with Gasteiger partial charge in [0, 0.05) is 27.1 Å². The zero-order valence-corrected chi connectivity index (χ0v) is 21.5. The standard InChI is InChI=1S/C28H23FN2O4S2/c1-2-35-28(34)25-23(18-7-4-3-5-8-18)16-37-27(25)31-24(32)17-36-22-10-6-9-21(15-22)30-26(33)19-11-13-20(29)14-12-19/h3-16H,2,17H2,1H3,(H,30,33)(H,31,32). The van der Waals surface area contributed by atoms with Crippen molar-refractivity contribution in [3.8, 4) is 11.1 Å². The summed E-state index contributed by atoms with van der Waals surface area (Å²) in [6.07, 6.45) is 0. The van der Waals surface area contributed by atoms with Crippen LogP contribution >= 0.6 is 23.1 Å². The van der Waals surface area contributed by atoms with E-state index in [4.69, 9.17) is 4.74 Å². The van der Waals surface area contributed by atoms with Crippen molar-refractivity contribution in [1.82, 2.24) is 0 Å². The van der Waals surface area contributed by atoms with E-state index in [2.05, 4.69) is 10.6 Å². The summed E-state index contributed by atoms with van der Waals surface area (Å²) < 4.78 is 18.3. The molecule has 0 aliphatic heterocycles. The fraction of sp³-hybridized carbons (Fsp3) is 0.107. The van der Waals surface area contributed by atoms with Crippen molar-refractivity contribution in [3.05, 3.63) is 101 Å². The predicted molar refractivity (Wildman–Crippen MR) is 146 cm³/mol. The highest BCUT2D eigenvalue weighted by Gasteiger charge is 2.22. The van der Waals surface area contributed by atoms with Gasteiger partial charge in [-0.3, -0.25) is 9.59 Å². The van der Waals surface area contributed by atoms with Crippen molar-refractivity contribution in [2.24, 2.45) is 0 Å². The van der Waals surface area contributed by atoms with Gasteiger partial charge in [-0.2, -0.15) is 0 Å². The Morgan fingerprint density at radius 2 is 1.70 bits per heavy atom. The van der Waals surface area contributed by atoms with Crippen molar-refractivity contribution >= 4 is 51.6 Å². The minimum atomic E-state index is -0.491. The van der Waals surface area contributed by atoms with E-state index >= 15 is 0 Å². The molecule has 0 aliphatic carbocycles. The number of esters is 1. The fourth-order valence-electron chi connectivity index (χ4n) is 3.47. The Balaban J connectivity index is 1.41. The first kappa shape index (κ1) is 26.1. The third-order valence-corrected chi connectivity index (χ3v) is 7.07. The van der Waals surface area contributed by atoms with Crippen molar-refractivity contribution < 1.29 is 23.5 Å². The summed E-state index contributed by atoms with van der Waals surface area (Å²) in [5.41, 5.74) is 2.78.